The average Bonchev–Trinajstić information content (AvgIpc) is 2.71. The van der Waals surface area contributed by atoms with Crippen molar-refractivity contribution in [3.63, 3.8) is 0 Å². The van der Waals surface area contributed by atoms with Crippen molar-refractivity contribution in [2.24, 2.45) is 0 Å². The molecule has 0 saturated carbocycles. The van der Waals surface area contributed by atoms with Gasteiger partial charge in [0.1, 0.15) is 0 Å². The molecule has 1 heterocycles. The van der Waals surface area contributed by atoms with E-state index in [4.69, 9.17) is 5.11 Å². The van der Waals surface area contributed by atoms with E-state index in [1.165, 1.54) is 26.1 Å². The number of rotatable bonds is 6. The van der Waals surface area contributed by atoms with Gasteiger partial charge in [0.25, 0.3) is 0 Å². The minimum atomic E-state index is 0.254. The first-order valence-electron chi connectivity index (χ1n) is 9.62. The van der Waals surface area contributed by atoms with E-state index in [1.807, 2.05) is 11.8 Å². The predicted molar refractivity (Wildman–Crippen MR) is 113 cm³/mol. The molecular formula is C23H26N2OS. The summed E-state index contributed by atoms with van der Waals surface area (Å²) in [7, 11) is 0. The number of fused-ring (bicyclic) bond motifs is 1. The van der Waals surface area contributed by atoms with Gasteiger partial charge in [-0.1, -0.05) is 66.4 Å². The van der Waals surface area contributed by atoms with Crippen molar-refractivity contribution in [3.8, 4) is 0 Å². The van der Waals surface area contributed by atoms with Crippen LogP contribution < -0.4 is 0 Å². The van der Waals surface area contributed by atoms with E-state index >= 15 is 0 Å². The maximum atomic E-state index is 9.11. The second-order valence-electron chi connectivity index (χ2n) is 7.03. The molecule has 3 aromatic rings. The smallest absolute Gasteiger partial charge is 0.0558 e. The van der Waals surface area contributed by atoms with Gasteiger partial charge in [0.15, 0.2) is 0 Å². The molecule has 1 saturated heterocycles. The molecule has 0 amide bonds. The molecule has 1 N–H and O–H groups in total. The first-order valence-corrected chi connectivity index (χ1v) is 10.4. The fourth-order valence-corrected chi connectivity index (χ4v) is 4.78. The number of piperazine rings is 1. The van der Waals surface area contributed by atoms with Crippen LogP contribution in [0.2, 0.25) is 0 Å². The van der Waals surface area contributed by atoms with E-state index < -0.39 is 0 Å². The van der Waals surface area contributed by atoms with E-state index in [0.717, 1.165) is 39.3 Å². The highest BCUT2D eigenvalue weighted by molar-refractivity contribution is 7.99. The van der Waals surface area contributed by atoms with Crippen molar-refractivity contribution in [3.05, 3.63) is 72.3 Å². The average molecular weight is 379 g/mol. The Balaban J connectivity index is 1.50. The van der Waals surface area contributed by atoms with Crippen LogP contribution in [0.1, 0.15) is 5.56 Å². The zero-order valence-electron chi connectivity index (χ0n) is 15.6. The molecule has 0 aliphatic carbocycles. The fraction of sp³-hybridized carbons (Fsp3) is 0.304. The molecule has 27 heavy (non-hydrogen) atoms. The summed E-state index contributed by atoms with van der Waals surface area (Å²) in [4.78, 5) is 7.52. The minimum absolute atomic E-state index is 0.254. The Morgan fingerprint density at radius 1 is 0.741 bits per heavy atom. The van der Waals surface area contributed by atoms with E-state index in [9.17, 15) is 0 Å². The molecule has 0 unspecified atom stereocenters. The van der Waals surface area contributed by atoms with Crippen LogP contribution in [0.25, 0.3) is 10.8 Å². The molecule has 0 bridgehead atoms. The summed E-state index contributed by atoms with van der Waals surface area (Å²) in [6.45, 7) is 6.24. The van der Waals surface area contributed by atoms with Crippen molar-refractivity contribution in [2.75, 3.05) is 39.3 Å². The van der Waals surface area contributed by atoms with Crippen molar-refractivity contribution < 1.29 is 5.11 Å². The molecule has 140 valence electrons. The maximum absolute atomic E-state index is 9.11. The van der Waals surface area contributed by atoms with E-state index in [2.05, 4.69) is 76.5 Å². The van der Waals surface area contributed by atoms with Crippen molar-refractivity contribution >= 4 is 22.5 Å². The molecule has 0 atom stereocenters. The van der Waals surface area contributed by atoms with Crippen LogP contribution in [-0.2, 0) is 6.54 Å². The molecule has 4 heteroatoms. The summed E-state index contributed by atoms with van der Waals surface area (Å²) in [5.41, 5.74) is 1.39. The van der Waals surface area contributed by atoms with Gasteiger partial charge in [0.2, 0.25) is 0 Å². The molecule has 1 aliphatic heterocycles. The highest BCUT2D eigenvalue weighted by Gasteiger charge is 2.17. The second-order valence-corrected chi connectivity index (χ2v) is 8.11. The summed E-state index contributed by atoms with van der Waals surface area (Å²) in [6, 6.07) is 23.9. The normalized spacial score (nSPS) is 16.0. The summed E-state index contributed by atoms with van der Waals surface area (Å²) in [6.07, 6.45) is 0. The van der Waals surface area contributed by atoms with Gasteiger partial charge >= 0.3 is 0 Å². The summed E-state index contributed by atoms with van der Waals surface area (Å²) in [5.74, 6) is 0. The molecule has 1 aliphatic rings. The second kappa shape index (κ2) is 8.89. The van der Waals surface area contributed by atoms with Crippen LogP contribution in [0, 0.1) is 0 Å². The number of hydrogen-bond acceptors (Lipinski definition) is 4. The van der Waals surface area contributed by atoms with Crippen LogP contribution >= 0.6 is 11.8 Å². The quantitative estimate of drug-likeness (QED) is 0.699. The molecule has 4 rings (SSSR count). The predicted octanol–water partition coefficient (Wildman–Crippen LogP) is 4.10. The molecule has 0 spiro atoms. The van der Waals surface area contributed by atoms with Crippen LogP contribution in [0.4, 0.5) is 0 Å². The molecule has 3 nitrogen and oxygen atoms in total. The van der Waals surface area contributed by atoms with Gasteiger partial charge in [-0.15, -0.1) is 0 Å². The number of hydrogen-bond donors (Lipinski definition) is 1. The van der Waals surface area contributed by atoms with Crippen LogP contribution in [0.3, 0.4) is 0 Å². The fourth-order valence-electron chi connectivity index (χ4n) is 3.69. The zero-order chi connectivity index (χ0) is 18.5. The van der Waals surface area contributed by atoms with Crippen LogP contribution in [0.15, 0.2) is 76.5 Å². The lowest BCUT2D eigenvalue weighted by atomic mass is 10.1. The number of benzene rings is 3. The summed E-state index contributed by atoms with van der Waals surface area (Å²) < 4.78 is 0. The third-order valence-electron chi connectivity index (χ3n) is 5.22. The lowest BCUT2D eigenvalue weighted by Gasteiger charge is -2.34. The van der Waals surface area contributed by atoms with Gasteiger partial charge in [0, 0.05) is 49.1 Å². The Labute approximate surface area is 165 Å². The van der Waals surface area contributed by atoms with Gasteiger partial charge in [-0.05, 0) is 28.5 Å². The van der Waals surface area contributed by atoms with Crippen LogP contribution in [-0.4, -0.2) is 54.2 Å². The standard InChI is InChI=1S/C23H26N2OS/c26-17-16-24-12-14-25(15-13-24)18-20-7-2-4-10-22(20)27-23-11-5-8-19-6-1-3-9-21(19)23/h1-11,26H,12-18H2. The van der Waals surface area contributed by atoms with E-state index in [-0.39, 0.29) is 6.61 Å². The van der Waals surface area contributed by atoms with Crippen molar-refractivity contribution in [2.45, 2.75) is 16.3 Å². The van der Waals surface area contributed by atoms with Gasteiger partial charge in [-0.2, -0.15) is 0 Å². The van der Waals surface area contributed by atoms with Crippen molar-refractivity contribution in [1.29, 1.82) is 0 Å². The number of β-amino-alcohol motifs (C(OH)–C–C–N with tert-alkyl or cyclic N) is 1. The Morgan fingerprint density at radius 3 is 2.26 bits per heavy atom. The zero-order valence-corrected chi connectivity index (χ0v) is 16.4. The molecular weight excluding hydrogens is 352 g/mol. The Hall–Kier alpha value is -1.85. The number of aliphatic hydroxyl groups is 1. The first-order chi connectivity index (χ1) is 13.3. The monoisotopic (exact) mass is 378 g/mol. The SMILES string of the molecule is OCCN1CCN(Cc2ccccc2Sc2cccc3ccccc23)CC1. The molecule has 0 radical (unpaired) electrons. The summed E-state index contributed by atoms with van der Waals surface area (Å²) >= 11 is 1.87. The van der Waals surface area contributed by atoms with E-state index in [1.54, 1.807) is 0 Å². The third-order valence-corrected chi connectivity index (χ3v) is 6.41. The van der Waals surface area contributed by atoms with Gasteiger partial charge in [-0.25, -0.2) is 0 Å². The van der Waals surface area contributed by atoms with Gasteiger partial charge < -0.3 is 5.11 Å². The van der Waals surface area contributed by atoms with E-state index in [0.29, 0.717) is 0 Å². The lowest BCUT2D eigenvalue weighted by molar-refractivity contribution is 0.108. The topological polar surface area (TPSA) is 26.7 Å². The Kier molecular flexibility index (Phi) is 6.10. The number of aliphatic hydroxyl groups excluding tert-OH is 1. The Morgan fingerprint density at radius 2 is 1.41 bits per heavy atom. The highest BCUT2D eigenvalue weighted by atomic mass is 32.2. The molecule has 1 fully saturated rings. The first kappa shape index (κ1) is 18.5. The minimum Gasteiger partial charge on any atom is -0.395 e. The lowest BCUT2D eigenvalue weighted by Crippen LogP contribution is -2.46. The van der Waals surface area contributed by atoms with Gasteiger partial charge in [-0.3, -0.25) is 9.80 Å². The third kappa shape index (κ3) is 4.53. The largest absolute Gasteiger partial charge is 0.395 e. The maximum Gasteiger partial charge on any atom is 0.0558 e. The van der Waals surface area contributed by atoms with Crippen molar-refractivity contribution in [1.82, 2.24) is 9.80 Å². The summed E-state index contributed by atoms with van der Waals surface area (Å²) in [5, 5.41) is 11.7. The number of nitrogens with zero attached hydrogens (tertiary/aromatic N) is 2. The molecule has 0 aromatic heterocycles. The highest BCUT2D eigenvalue weighted by Crippen LogP contribution is 2.35. The van der Waals surface area contributed by atoms with Crippen LogP contribution in [0.5, 0.6) is 0 Å². The van der Waals surface area contributed by atoms with Gasteiger partial charge in [0.05, 0.1) is 6.61 Å². The Bertz CT molecular complexity index is 885. The molecule has 3 aromatic carbocycles.